The van der Waals surface area contributed by atoms with Crippen LogP contribution in [0.5, 0.6) is 5.75 Å². The molecule has 20 heteroatoms. The summed E-state index contributed by atoms with van der Waals surface area (Å²) in [5, 5.41) is 5.45. The molecule has 66 heavy (non-hydrogen) atoms. The molecule has 15 nitrogen and oxygen atoms in total. The third kappa shape index (κ3) is 11.0. The predicted molar refractivity (Wildman–Crippen MR) is 242 cm³/mol. The summed E-state index contributed by atoms with van der Waals surface area (Å²) >= 11 is 13.3. The molecule has 3 N–H and O–H groups in total. The van der Waals surface area contributed by atoms with E-state index in [0.29, 0.717) is 81.6 Å². The summed E-state index contributed by atoms with van der Waals surface area (Å²) in [6.07, 6.45) is -2.62. The average molecular weight is 958 g/mol. The van der Waals surface area contributed by atoms with Crippen molar-refractivity contribution in [2.24, 2.45) is 17.3 Å². The van der Waals surface area contributed by atoms with Crippen LogP contribution in [0.25, 0.3) is 22.4 Å². The van der Waals surface area contributed by atoms with E-state index >= 15 is 0 Å². The number of hydrogen-bond donors (Lipinski definition) is 3. The molecule has 0 saturated carbocycles. The molecular formula is C46H53Cl2F3N8O7. The highest BCUT2D eigenvalue weighted by Gasteiger charge is 2.43. The number of halogens is 5. The summed E-state index contributed by atoms with van der Waals surface area (Å²) < 4.78 is 56.3. The van der Waals surface area contributed by atoms with Crippen LogP contribution in [-0.4, -0.2) is 114 Å². The van der Waals surface area contributed by atoms with Crippen LogP contribution in [0.1, 0.15) is 76.1 Å². The second-order valence-electron chi connectivity index (χ2n) is 18.1. The van der Waals surface area contributed by atoms with Gasteiger partial charge in [-0.25, -0.2) is 14.8 Å². The number of aromatic amines is 1. The molecule has 4 aromatic rings. The molecule has 3 aliphatic heterocycles. The van der Waals surface area contributed by atoms with Gasteiger partial charge in [0.25, 0.3) is 5.91 Å². The number of amides is 4. The Balaban J connectivity index is 1.07. The van der Waals surface area contributed by atoms with E-state index in [9.17, 15) is 32.3 Å². The molecular weight excluding hydrogens is 904 g/mol. The van der Waals surface area contributed by atoms with Gasteiger partial charge in [0.1, 0.15) is 34.3 Å². The van der Waals surface area contributed by atoms with Crippen LogP contribution in [0.4, 0.5) is 29.5 Å². The first-order valence-electron chi connectivity index (χ1n) is 21.7. The van der Waals surface area contributed by atoms with Crippen molar-refractivity contribution < 1.29 is 46.6 Å². The number of carbonyl (C=O) groups excluding carboxylic acids is 4. The lowest BCUT2D eigenvalue weighted by molar-refractivity contribution is -0.274. The predicted octanol–water partition coefficient (Wildman–Crippen LogP) is 8.74. The summed E-state index contributed by atoms with van der Waals surface area (Å²) in [6.45, 7) is 12.7. The summed E-state index contributed by atoms with van der Waals surface area (Å²) in [5.74, 6) is -0.604. The smallest absolute Gasteiger partial charge is 0.453 e. The Labute approximate surface area is 390 Å². The zero-order chi connectivity index (χ0) is 47.7. The number of aromatic nitrogens is 3. The minimum absolute atomic E-state index is 0.0222. The molecule has 0 bridgehead atoms. The molecule has 2 aromatic carbocycles. The Morgan fingerprint density at radius 1 is 0.955 bits per heavy atom. The lowest BCUT2D eigenvalue weighted by Crippen LogP contribution is -2.56. The third-order valence-electron chi connectivity index (χ3n) is 12.1. The maximum Gasteiger partial charge on any atom is 0.573 e. The number of piperazine rings is 1. The minimum atomic E-state index is -5.11. The van der Waals surface area contributed by atoms with Gasteiger partial charge in [-0.3, -0.25) is 14.4 Å². The first-order valence-corrected chi connectivity index (χ1v) is 22.5. The number of anilines is 2. The molecule has 0 radical (unpaired) electrons. The fourth-order valence-corrected chi connectivity index (χ4v) is 9.31. The average Bonchev–Trinajstić information content (AvgIpc) is 3.87. The van der Waals surface area contributed by atoms with E-state index in [2.05, 4.69) is 30.2 Å². The topological polar surface area (TPSA) is 171 Å². The molecule has 0 unspecified atom stereocenters. The van der Waals surface area contributed by atoms with Crippen molar-refractivity contribution in [1.82, 2.24) is 30.1 Å². The van der Waals surface area contributed by atoms with Crippen LogP contribution in [0, 0.1) is 17.3 Å². The normalized spacial score (nSPS) is 19.9. The number of alkyl carbamates (subject to hydrolysis) is 1. The van der Waals surface area contributed by atoms with Gasteiger partial charge >= 0.3 is 12.5 Å². The Bertz CT molecular complexity index is 2420. The fraction of sp³-hybridized carbons (Fsp3) is 0.478. The summed E-state index contributed by atoms with van der Waals surface area (Å²) in [7, 11) is 1.24. The number of nitrogens with one attached hydrogen (secondary N) is 3. The number of imidazole rings is 1. The number of pyridine rings is 1. The van der Waals surface area contributed by atoms with E-state index in [4.69, 9.17) is 37.7 Å². The number of carbonyl (C=O) groups is 4. The zero-order valence-electron chi connectivity index (χ0n) is 37.4. The van der Waals surface area contributed by atoms with E-state index in [1.807, 2.05) is 39.5 Å². The monoisotopic (exact) mass is 956 g/mol. The van der Waals surface area contributed by atoms with Gasteiger partial charge in [0.2, 0.25) is 11.8 Å². The first-order chi connectivity index (χ1) is 31.2. The number of alkyl halides is 3. The highest BCUT2D eigenvalue weighted by atomic mass is 35.5. The lowest BCUT2D eigenvalue weighted by atomic mass is 9.90. The van der Waals surface area contributed by atoms with Crippen molar-refractivity contribution in [3.05, 3.63) is 76.3 Å². The highest BCUT2D eigenvalue weighted by Crippen LogP contribution is 2.41. The van der Waals surface area contributed by atoms with Gasteiger partial charge < -0.3 is 44.5 Å². The summed E-state index contributed by atoms with van der Waals surface area (Å²) in [6, 6.07) is 10.5. The number of ether oxygens (including phenoxy) is 3. The van der Waals surface area contributed by atoms with Gasteiger partial charge in [0, 0.05) is 62.0 Å². The van der Waals surface area contributed by atoms with Gasteiger partial charge in [-0.2, -0.15) is 0 Å². The van der Waals surface area contributed by atoms with Gasteiger partial charge in [-0.05, 0) is 67.9 Å². The van der Waals surface area contributed by atoms with Crippen molar-refractivity contribution in [1.29, 1.82) is 0 Å². The first kappa shape index (κ1) is 48.3. The zero-order valence-corrected chi connectivity index (χ0v) is 38.9. The van der Waals surface area contributed by atoms with E-state index in [-0.39, 0.29) is 62.2 Å². The van der Waals surface area contributed by atoms with E-state index in [1.54, 1.807) is 41.3 Å². The Morgan fingerprint density at radius 3 is 2.27 bits per heavy atom. The second kappa shape index (κ2) is 19.7. The highest BCUT2D eigenvalue weighted by molar-refractivity contribution is 6.35. The molecule has 3 saturated heterocycles. The van der Waals surface area contributed by atoms with Crippen LogP contribution >= 0.6 is 23.2 Å². The number of H-pyrrole nitrogens is 1. The molecule has 4 atom stereocenters. The fourth-order valence-electron chi connectivity index (χ4n) is 8.82. The second-order valence-corrected chi connectivity index (χ2v) is 18.8. The van der Waals surface area contributed by atoms with Crippen molar-refractivity contribution in [2.45, 2.75) is 78.4 Å². The number of likely N-dealkylation sites (tertiary alicyclic amines) is 1. The lowest BCUT2D eigenvalue weighted by Gasteiger charge is -2.42. The number of benzene rings is 2. The van der Waals surface area contributed by atoms with E-state index in [1.165, 1.54) is 19.4 Å². The molecule has 0 spiro atoms. The van der Waals surface area contributed by atoms with Crippen LogP contribution < -0.4 is 20.3 Å². The Morgan fingerprint density at radius 2 is 1.65 bits per heavy atom. The van der Waals surface area contributed by atoms with Crippen molar-refractivity contribution in [3.63, 3.8) is 0 Å². The van der Waals surface area contributed by atoms with Crippen LogP contribution in [0.3, 0.4) is 0 Å². The van der Waals surface area contributed by atoms with Gasteiger partial charge in [-0.15, -0.1) is 13.2 Å². The van der Waals surface area contributed by atoms with Crippen LogP contribution in [0.15, 0.2) is 54.7 Å². The molecule has 0 aliphatic carbocycles. The van der Waals surface area contributed by atoms with E-state index in [0.717, 1.165) is 6.07 Å². The van der Waals surface area contributed by atoms with Crippen LogP contribution in [0.2, 0.25) is 10.2 Å². The maximum atomic E-state index is 14.2. The van der Waals surface area contributed by atoms with Crippen molar-refractivity contribution in [2.75, 3.05) is 56.7 Å². The Kier molecular flexibility index (Phi) is 14.4. The minimum Gasteiger partial charge on any atom is -0.453 e. The van der Waals surface area contributed by atoms with Gasteiger partial charge in [0.15, 0.2) is 0 Å². The largest absolute Gasteiger partial charge is 0.573 e. The summed E-state index contributed by atoms with van der Waals surface area (Å²) in [4.78, 5) is 70.9. The number of nitrogens with zero attached hydrogens (tertiary/aromatic N) is 5. The molecule has 3 aliphatic rings. The number of methoxy groups -OCH3 is 1. The SMILES string of the molecule is COC(=O)N[C@H](C(=O)N1C[C@@H](C)C[C@H]1c1nc(-c2ccc(-c3cc(Cl)c(C(=O)Nc4ccc(N5CCN(C(=O)C(C)(C)C)C[C@H]5C)nc4)cc3OC(F)(F)F)cc2)c(Cl)[nH]1)C1CCOCC1. The van der Waals surface area contributed by atoms with Gasteiger partial charge in [0.05, 0.1) is 35.6 Å². The molecule has 3 fully saturated rings. The summed E-state index contributed by atoms with van der Waals surface area (Å²) in [5.41, 5.74) is 0.647. The molecule has 7 rings (SSSR count). The maximum absolute atomic E-state index is 14.2. The van der Waals surface area contributed by atoms with Crippen molar-refractivity contribution in [3.8, 4) is 28.1 Å². The molecule has 4 amide bonds. The molecule has 354 valence electrons. The molecule has 5 heterocycles. The molecule has 2 aromatic heterocycles. The third-order valence-corrected chi connectivity index (χ3v) is 12.7. The van der Waals surface area contributed by atoms with E-state index < -0.39 is 41.6 Å². The standard InChI is InChI=1S/C46H53Cl2F3N8O7/c1-25-19-34(59(23-25)42(61)38(55-44(63)64-6)29-13-17-65-18-14-29)40-54-37(39(48)56-40)28-9-7-27(8-10-28)31-20-33(47)32(21-35(31)66-46(49,50)51)41(60)53-30-11-12-36(52-22-30)58-16-15-57(24-26(58)2)43(62)45(3,4)5/h7-12,20-22,25-26,29,34,38H,13-19,23-24H2,1-6H3,(H,53,60)(H,54,56)(H,55,63)/t25-,26+,34-,38-/m0/s1. The quantitative estimate of drug-likeness (QED) is 0.140. The number of rotatable bonds is 10. The van der Waals surface area contributed by atoms with Gasteiger partial charge in [-0.1, -0.05) is 75.2 Å². The Hall–Kier alpha value is -5.59. The van der Waals surface area contributed by atoms with Crippen LogP contribution in [-0.2, 0) is 19.1 Å². The number of hydrogen-bond acceptors (Lipinski definition) is 10. The van der Waals surface area contributed by atoms with Crippen molar-refractivity contribution >= 4 is 58.5 Å².